The highest BCUT2D eigenvalue weighted by molar-refractivity contribution is 7.08. The molecule has 6 nitrogen and oxygen atoms in total. The number of carbonyl (C=O) groups excluding carboxylic acids is 1. The molecule has 4 aromatic rings. The Bertz CT molecular complexity index is 1330. The monoisotopic (exact) mass is 498 g/mol. The van der Waals surface area contributed by atoms with Crippen molar-refractivity contribution in [2.75, 3.05) is 20.2 Å². The standard InChI is InChI=1S/C29H30N4O2S/c1-35-27-26(31-28(34)21-11-16-36-19-21)23-9-5-6-10-24(23)29(27)12-14-33(15-13-29)18-22-17-30-32-25(22)20-7-3-2-4-8-20/h2-11,16-17,19,26-27H,12-15,18H2,1H3,(H,30,32)(H,31,34)/t26-,27+/m1/s1. The third-order valence-corrected chi connectivity index (χ3v) is 8.61. The zero-order valence-electron chi connectivity index (χ0n) is 20.3. The summed E-state index contributed by atoms with van der Waals surface area (Å²) in [6, 6.07) is 20.6. The summed E-state index contributed by atoms with van der Waals surface area (Å²) in [7, 11) is 1.78. The van der Waals surface area contributed by atoms with Crippen LogP contribution in [0.5, 0.6) is 0 Å². The van der Waals surface area contributed by atoms with Gasteiger partial charge in [-0.05, 0) is 54.1 Å². The van der Waals surface area contributed by atoms with Gasteiger partial charge in [0.2, 0.25) is 0 Å². The number of thiophene rings is 1. The fourth-order valence-corrected chi connectivity index (χ4v) is 6.82. The topological polar surface area (TPSA) is 70.2 Å². The molecule has 184 valence electrons. The number of H-pyrrole nitrogens is 1. The van der Waals surface area contributed by atoms with Crippen LogP contribution >= 0.6 is 11.3 Å². The van der Waals surface area contributed by atoms with E-state index >= 15 is 0 Å². The van der Waals surface area contributed by atoms with Crippen molar-refractivity contribution < 1.29 is 9.53 Å². The number of aromatic amines is 1. The van der Waals surface area contributed by atoms with E-state index in [0.29, 0.717) is 5.56 Å². The Hall–Kier alpha value is -3.26. The van der Waals surface area contributed by atoms with Gasteiger partial charge in [-0.1, -0.05) is 54.6 Å². The highest BCUT2D eigenvalue weighted by Gasteiger charge is 2.54. The maximum absolute atomic E-state index is 13.0. The minimum Gasteiger partial charge on any atom is -0.378 e. The molecule has 0 radical (unpaired) electrons. The largest absolute Gasteiger partial charge is 0.378 e. The van der Waals surface area contributed by atoms with Gasteiger partial charge < -0.3 is 10.1 Å². The van der Waals surface area contributed by atoms with Crippen molar-refractivity contribution in [2.45, 2.75) is 36.9 Å². The van der Waals surface area contributed by atoms with Crippen LogP contribution in [0.3, 0.4) is 0 Å². The average Bonchev–Trinajstić information content (AvgIpc) is 3.67. The molecule has 2 aromatic heterocycles. The Morgan fingerprint density at radius 3 is 2.67 bits per heavy atom. The number of amides is 1. The molecule has 1 saturated heterocycles. The van der Waals surface area contributed by atoms with E-state index in [4.69, 9.17) is 4.74 Å². The number of hydrogen-bond donors (Lipinski definition) is 2. The van der Waals surface area contributed by atoms with Crippen molar-refractivity contribution in [3.63, 3.8) is 0 Å². The number of aromatic nitrogens is 2. The van der Waals surface area contributed by atoms with Crippen molar-refractivity contribution in [3.05, 3.63) is 99.9 Å². The van der Waals surface area contributed by atoms with Gasteiger partial charge in [0.05, 0.1) is 29.6 Å². The van der Waals surface area contributed by atoms with Crippen LogP contribution in [-0.4, -0.2) is 47.3 Å². The molecule has 1 fully saturated rings. The smallest absolute Gasteiger partial charge is 0.252 e. The first-order valence-electron chi connectivity index (χ1n) is 12.4. The molecule has 2 atom stereocenters. The van der Waals surface area contributed by atoms with Crippen LogP contribution in [0.1, 0.15) is 45.9 Å². The van der Waals surface area contributed by atoms with Gasteiger partial charge in [-0.2, -0.15) is 16.4 Å². The molecule has 0 unspecified atom stereocenters. The van der Waals surface area contributed by atoms with Crippen molar-refractivity contribution >= 4 is 17.2 Å². The van der Waals surface area contributed by atoms with Gasteiger partial charge in [0.15, 0.2) is 0 Å². The second-order valence-electron chi connectivity index (χ2n) is 9.78. The second-order valence-corrected chi connectivity index (χ2v) is 10.6. The molecule has 7 heteroatoms. The van der Waals surface area contributed by atoms with Crippen LogP contribution in [-0.2, 0) is 16.7 Å². The maximum atomic E-state index is 13.0. The Balaban J connectivity index is 1.22. The van der Waals surface area contributed by atoms with E-state index in [1.165, 1.54) is 28.0 Å². The number of piperidine rings is 1. The number of rotatable bonds is 6. The van der Waals surface area contributed by atoms with Gasteiger partial charge in [0, 0.05) is 30.0 Å². The summed E-state index contributed by atoms with van der Waals surface area (Å²) in [5, 5.41) is 14.7. The third kappa shape index (κ3) is 3.97. The van der Waals surface area contributed by atoms with E-state index in [1.54, 1.807) is 7.11 Å². The number of likely N-dealkylation sites (tertiary alicyclic amines) is 1. The van der Waals surface area contributed by atoms with Gasteiger partial charge in [0.1, 0.15) is 0 Å². The van der Waals surface area contributed by atoms with Gasteiger partial charge in [-0.25, -0.2) is 0 Å². The molecule has 2 N–H and O–H groups in total. The molecule has 2 aliphatic rings. The first kappa shape index (κ1) is 23.2. The maximum Gasteiger partial charge on any atom is 0.252 e. The molecule has 1 amide bonds. The molecule has 36 heavy (non-hydrogen) atoms. The van der Waals surface area contributed by atoms with E-state index in [0.717, 1.165) is 43.7 Å². The van der Waals surface area contributed by atoms with Crippen LogP contribution < -0.4 is 5.32 Å². The summed E-state index contributed by atoms with van der Waals surface area (Å²) in [5.74, 6) is -0.0408. The zero-order chi connectivity index (χ0) is 24.5. The van der Waals surface area contributed by atoms with Gasteiger partial charge >= 0.3 is 0 Å². The van der Waals surface area contributed by atoms with Crippen LogP contribution in [0.15, 0.2) is 77.6 Å². The molecular formula is C29H30N4O2S. The quantitative estimate of drug-likeness (QED) is 0.385. The summed E-state index contributed by atoms with van der Waals surface area (Å²) in [4.78, 5) is 15.5. The molecule has 3 heterocycles. The van der Waals surface area contributed by atoms with Crippen LogP contribution in [0.4, 0.5) is 0 Å². The minimum absolute atomic E-state index is 0.0408. The number of fused-ring (bicyclic) bond motifs is 2. The summed E-state index contributed by atoms with van der Waals surface area (Å²) in [6.45, 7) is 2.77. The molecule has 0 bridgehead atoms. The lowest BCUT2D eigenvalue weighted by atomic mass is 9.71. The van der Waals surface area contributed by atoms with Gasteiger partial charge in [-0.15, -0.1) is 0 Å². The number of benzene rings is 2. The predicted octanol–water partition coefficient (Wildman–Crippen LogP) is 5.17. The molecule has 1 aliphatic heterocycles. The number of carbonyl (C=O) groups is 1. The lowest BCUT2D eigenvalue weighted by Gasteiger charge is -2.44. The summed E-state index contributed by atoms with van der Waals surface area (Å²) >= 11 is 1.54. The average molecular weight is 499 g/mol. The van der Waals surface area contributed by atoms with E-state index in [1.807, 2.05) is 29.1 Å². The first-order valence-corrected chi connectivity index (χ1v) is 13.4. The number of methoxy groups -OCH3 is 1. The Morgan fingerprint density at radius 1 is 1.14 bits per heavy atom. The summed E-state index contributed by atoms with van der Waals surface area (Å²) in [6.07, 6.45) is 3.80. The van der Waals surface area contributed by atoms with E-state index in [9.17, 15) is 4.79 Å². The second kappa shape index (κ2) is 9.65. The number of nitrogens with zero attached hydrogens (tertiary/aromatic N) is 2. The highest BCUT2D eigenvalue weighted by Crippen LogP contribution is 2.52. The van der Waals surface area contributed by atoms with Crippen molar-refractivity contribution in [1.82, 2.24) is 20.4 Å². The molecular weight excluding hydrogens is 468 g/mol. The number of hydrogen-bond acceptors (Lipinski definition) is 5. The highest BCUT2D eigenvalue weighted by atomic mass is 32.1. The van der Waals surface area contributed by atoms with E-state index in [2.05, 4.69) is 68.9 Å². The lowest BCUT2D eigenvalue weighted by molar-refractivity contribution is -0.0122. The van der Waals surface area contributed by atoms with Crippen LogP contribution in [0, 0.1) is 0 Å². The fourth-order valence-electron chi connectivity index (χ4n) is 6.18. The molecule has 1 spiro atoms. The lowest BCUT2D eigenvalue weighted by Crippen LogP contribution is -2.50. The molecule has 6 rings (SSSR count). The van der Waals surface area contributed by atoms with Crippen molar-refractivity contribution in [1.29, 1.82) is 0 Å². The zero-order valence-corrected chi connectivity index (χ0v) is 21.1. The summed E-state index contributed by atoms with van der Waals surface area (Å²) in [5.41, 5.74) is 6.56. The van der Waals surface area contributed by atoms with Gasteiger partial charge in [0.25, 0.3) is 5.91 Å². The summed E-state index contributed by atoms with van der Waals surface area (Å²) < 4.78 is 6.19. The SMILES string of the molecule is CO[C@H]1[C@H](NC(=O)c2ccsc2)c2ccccc2C12CCN(Cc1cn[nH]c1-c1ccccc1)CC2. The van der Waals surface area contributed by atoms with E-state index < -0.39 is 0 Å². The molecule has 1 aliphatic carbocycles. The predicted molar refractivity (Wildman–Crippen MR) is 142 cm³/mol. The van der Waals surface area contributed by atoms with Gasteiger partial charge in [-0.3, -0.25) is 14.8 Å². The number of nitrogens with one attached hydrogen (secondary N) is 2. The van der Waals surface area contributed by atoms with Crippen LogP contribution in [0.25, 0.3) is 11.3 Å². The minimum atomic E-state index is -0.163. The van der Waals surface area contributed by atoms with Crippen molar-refractivity contribution in [3.8, 4) is 11.3 Å². The normalized spacial score (nSPS) is 20.9. The Kier molecular flexibility index (Phi) is 6.21. The first-order chi connectivity index (χ1) is 17.7. The third-order valence-electron chi connectivity index (χ3n) is 7.93. The van der Waals surface area contributed by atoms with E-state index in [-0.39, 0.29) is 23.5 Å². The van der Waals surface area contributed by atoms with Crippen LogP contribution in [0.2, 0.25) is 0 Å². The van der Waals surface area contributed by atoms with Crippen molar-refractivity contribution in [2.24, 2.45) is 0 Å². The fraction of sp³-hybridized carbons (Fsp3) is 0.310. The molecule has 2 aromatic carbocycles. The Morgan fingerprint density at radius 2 is 1.92 bits per heavy atom. The molecule has 0 saturated carbocycles. The Labute approximate surface area is 215 Å². The number of ether oxygens (including phenoxy) is 1.